The van der Waals surface area contributed by atoms with E-state index in [4.69, 9.17) is 4.74 Å². The molecule has 3 heteroatoms. The van der Waals surface area contributed by atoms with Crippen molar-refractivity contribution in [3.05, 3.63) is 90.0 Å². The fraction of sp³-hybridized carbons (Fsp3) is 0.0952. The van der Waals surface area contributed by atoms with Gasteiger partial charge in [-0.15, -0.1) is 0 Å². The minimum atomic E-state index is -0.189. The van der Waals surface area contributed by atoms with E-state index in [1.54, 1.807) is 12.1 Å². The van der Waals surface area contributed by atoms with Crippen molar-refractivity contribution in [2.24, 2.45) is 0 Å². The molecule has 0 saturated heterocycles. The van der Waals surface area contributed by atoms with Gasteiger partial charge in [0.1, 0.15) is 11.5 Å². The second-order valence-electron chi connectivity index (χ2n) is 5.42. The number of ether oxygens (including phenoxy) is 1. The smallest absolute Gasteiger partial charge is 0.259 e. The normalized spacial score (nSPS) is 10.2. The Bertz CT molecular complexity index is 811. The van der Waals surface area contributed by atoms with Crippen LogP contribution in [0.1, 0.15) is 22.8 Å². The van der Waals surface area contributed by atoms with Crippen LogP contribution in [0.3, 0.4) is 0 Å². The van der Waals surface area contributed by atoms with E-state index < -0.39 is 0 Å². The monoisotopic (exact) mass is 317 g/mol. The summed E-state index contributed by atoms with van der Waals surface area (Å²) in [6.45, 7) is 2.10. The number of nitrogens with one attached hydrogen (secondary N) is 1. The molecule has 24 heavy (non-hydrogen) atoms. The zero-order valence-electron chi connectivity index (χ0n) is 13.5. The van der Waals surface area contributed by atoms with Crippen molar-refractivity contribution in [3.63, 3.8) is 0 Å². The predicted molar refractivity (Wildman–Crippen MR) is 96.7 cm³/mol. The number of rotatable bonds is 5. The van der Waals surface area contributed by atoms with Crippen molar-refractivity contribution < 1.29 is 9.53 Å². The van der Waals surface area contributed by atoms with Crippen molar-refractivity contribution in [1.29, 1.82) is 0 Å². The largest absolute Gasteiger partial charge is 0.457 e. The lowest BCUT2D eigenvalue weighted by atomic mass is 10.1. The highest BCUT2D eigenvalue weighted by molar-refractivity contribution is 6.06. The first-order chi connectivity index (χ1) is 11.8. The van der Waals surface area contributed by atoms with E-state index in [9.17, 15) is 4.79 Å². The molecule has 0 bridgehead atoms. The minimum Gasteiger partial charge on any atom is -0.457 e. The number of benzene rings is 3. The summed E-state index contributed by atoms with van der Waals surface area (Å²) in [5.41, 5.74) is 2.51. The molecule has 120 valence electrons. The van der Waals surface area contributed by atoms with E-state index in [-0.39, 0.29) is 5.91 Å². The van der Waals surface area contributed by atoms with Crippen molar-refractivity contribution in [1.82, 2.24) is 0 Å². The Hall–Kier alpha value is -3.07. The van der Waals surface area contributed by atoms with E-state index in [0.717, 1.165) is 12.1 Å². The number of amides is 1. The highest BCUT2D eigenvalue weighted by Gasteiger charge is 2.13. The summed E-state index contributed by atoms with van der Waals surface area (Å²) in [7, 11) is 0. The number of anilines is 1. The van der Waals surface area contributed by atoms with Crippen molar-refractivity contribution >= 4 is 11.6 Å². The summed E-state index contributed by atoms with van der Waals surface area (Å²) >= 11 is 0. The lowest BCUT2D eigenvalue weighted by Crippen LogP contribution is -2.13. The Morgan fingerprint density at radius 3 is 2.25 bits per heavy atom. The van der Waals surface area contributed by atoms with Crippen LogP contribution in [-0.2, 0) is 6.42 Å². The Kier molecular flexibility index (Phi) is 4.92. The van der Waals surface area contributed by atoms with Gasteiger partial charge in [-0.25, -0.2) is 0 Å². The molecule has 3 aromatic carbocycles. The van der Waals surface area contributed by atoms with E-state index in [1.807, 2.05) is 66.7 Å². The van der Waals surface area contributed by atoms with Gasteiger partial charge in [0.2, 0.25) is 0 Å². The van der Waals surface area contributed by atoms with Gasteiger partial charge in [-0.3, -0.25) is 4.79 Å². The van der Waals surface area contributed by atoms with Crippen LogP contribution >= 0.6 is 0 Å². The SMILES string of the molecule is CCc1ccc(NC(=O)c2ccccc2Oc2ccccc2)cc1. The molecule has 0 unspecified atom stereocenters. The van der Waals surface area contributed by atoms with Crippen LogP contribution < -0.4 is 10.1 Å². The lowest BCUT2D eigenvalue weighted by Gasteiger charge is -2.11. The molecule has 3 rings (SSSR count). The fourth-order valence-corrected chi connectivity index (χ4v) is 2.38. The molecule has 0 spiro atoms. The van der Waals surface area contributed by atoms with Gasteiger partial charge in [-0.05, 0) is 48.4 Å². The zero-order chi connectivity index (χ0) is 16.8. The maximum Gasteiger partial charge on any atom is 0.259 e. The molecular weight excluding hydrogens is 298 g/mol. The number of hydrogen-bond acceptors (Lipinski definition) is 2. The number of para-hydroxylation sites is 2. The number of carbonyl (C=O) groups excluding carboxylic acids is 1. The van der Waals surface area contributed by atoms with E-state index in [1.165, 1.54) is 5.56 Å². The Labute approximate surface area is 141 Å². The summed E-state index contributed by atoms with van der Waals surface area (Å²) in [6.07, 6.45) is 0.974. The Morgan fingerprint density at radius 1 is 0.875 bits per heavy atom. The van der Waals surface area contributed by atoms with Crippen molar-refractivity contribution in [3.8, 4) is 11.5 Å². The summed E-state index contributed by atoms with van der Waals surface area (Å²) in [5, 5.41) is 2.92. The molecule has 0 heterocycles. The van der Waals surface area contributed by atoms with E-state index in [0.29, 0.717) is 17.1 Å². The lowest BCUT2D eigenvalue weighted by molar-refractivity contribution is 0.102. The summed E-state index contributed by atoms with van der Waals surface area (Å²) in [5.74, 6) is 1.04. The van der Waals surface area contributed by atoms with Crippen LogP contribution in [0.2, 0.25) is 0 Å². The average Bonchev–Trinajstić information content (AvgIpc) is 2.63. The molecule has 0 aromatic heterocycles. The van der Waals surface area contributed by atoms with Crippen LogP contribution in [0.4, 0.5) is 5.69 Å². The number of aryl methyl sites for hydroxylation is 1. The van der Waals surface area contributed by atoms with Crippen LogP contribution in [0.25, 0.3) is 0 Å². The minimum absolute atomic E-state index is 0.189. The maximum atomic E-state index is 12.6. The van der Waals surface area contributed by atoms with Crippen LogP contribution in [-0.4, -0.2) is 5.91 Å². The third kappa shape index (κ3) is 3.82. The molecule has 3 aromatic rings. The Balaban J connectivity index is 1.79. The summed E-state index contributed by atoms with van der Waals surface area (Å²) in [6, 6.07) is 24.5. The van der Waals surface area contributed by atoms with Gasteiger partial charge >= 0.3 is 0 Å². The topological polar surface area (TPSA) is 38.3 Å². The summed E-state index contributed by atoms with van der Waals surface area (Å²) < 4.78 is 5.84. The standard InChI is InChI=1S/C21H19NO2/c1-2-16-12-14-17(15-13-16)22-21(23)19-10-6-7-11-20(19)24-18-8-4-3-5-9-18/h3-15H,2H2,1H3,(H,22,23). The van der Waals surface area contributed by atoms with Crippen LogP contribution in [0.5, 0.6) is 11.5 Å². The van der Waals surface area contributed by atoms with Gasteiger partial charge in [-0.1, -0.05) is 49.4 Å². The first-order valence-electron chi connectivity index (χ1n) is 7.98. The van der Waals surface area contributed by atoms with Crippen LogP contribution in [0.15, 0.2) is 78.9 Å². The van der Waals surface area contributed by atoms with Gasteiger partial charge < -0.3 is 10.1 Å². The first-order valence-corrected chi connectivity index (χ1v) is 7.98. The van der Waals surface area contributed by atoms with E-state index in [2.05, 4.69) is 12.2 Å². The molecule has 0 atom stereocenters. The molecule has 3 nitrogen and oxygen atoms in total. The molecule has 0 saturated carbocycles. The molecule has 0 aliphatic heterocycles. The molecule has 1 amide bonds. The van der Waals surface area contributed by atoms with Gasteiger partial charge in [0.15, 0.2) is 0 Å². The van der Waals surface area contributed by atoms with Crippen molar-refractivity contribution in [2.75, 3.05) is 5.32 Å². The molecular formula is C21H19NO2. The molecule has 0 radical (unpaired) electrons. The highest BCUT2D eigenvalue weighted by Crippen LogP contribution is 2.25. The second kappa shape index (κ2) is 7.47. The van der Waals surface area contributed by atoms with Gasteiger partial charge in [0, 0.05) is 5.69 Å². The van der Waals surface area contributed by atoms with Crippen molar-refractivity contribution in [2.45, 2.75) is 13.3 Å². The number of hydrogen-bond donors (Lipinski definition) is 1. The zero-order valence-corrected chi connectivity index (χ0v) is 13.5. The van der Waals surface area contributed by atoms with Gasteiger partial charge in [-0.2, -0.15) is 0 Å². The number of carbonyl (C=O) groups is 1. The van der Waals surface area contributed by atoms with Gasteiger partial charge in [0.05, 0.1) is 5.56 Å². The Morgan fingerprint density at radius 2 is 1.54 bits per heavy atom. The third-order valence-electron chi connectivity index (χ3n) is 3.72. The highest BCUT2D eigenvalue weighted by atomic mass is 16.5. The molecule has 0 fully saturated rings. The van der Waals surface area contributed by atoms with Crippen LogP contribution in [0, 0.1) is 0 Å². The maximum absolute atomic E-state index is 12.6. The summed E-state index contributed by atoms with van der Waals surface area (Å²) in [4.78, 5) is 12.6. The van der Waals surface area contributed by atoms with E-state index >= 15 is 0 Å². The molecule has 1 N–H and O–H groups in total. The fourth-order valence-electron chi connectivity index (χ4n) is 2.38. The average molecular weight is 317 g/mol. The first kappa shape index (κ1) is 15.8. The second-order valence-corrected chi connectivity index (χ2v) is 5.42. The molecule has 0 aliphatic carbocycles. The quantitative estimate of drug-likeness (QED) is 0.694. The van der Waals surface area contributed by atoms with Gasteiger partial charge in [0.25, 0.3) is 5.91 Å². The molecule has 0 aliphatic rings. The predicted octanol–water partition coefficient (Wildman–Crippen LogP) is 5.29. The third-order valence-corrected chi connectivity index (χ3v) is 3.72.